The monoisotopic (exact) mass is 343 g/mol. The number of carbonyl (C=O) groups excluding carboxylic acids is 1. The highest BCUT2D eigenvalue weighted by atomic mass is 32.2. The summed E-state index contributed by atoms with van der Waals surface area (Å²) in [5.41, 5.74) is 1.09. The zero-order chi connectivity index (χ0) is 17.2. The summed E-state index contributed by atoms with van der Waals surface area (Å²) in [6.07, 6.45) is 1.56. The van der Waals surface area contributed by atoms with E-state index in [1.54, 1.807) is 27.8 Å². The Labute approximate surface area is 137 Å². The Kier molecular flexibility index (Phi) is 5.49. The fourth-order valence-corrected chi connectivity index (χ4v) is 4.86. The predicted molar refractivity (Wildman–Crippen MR) is 87.1 cm³/mol. The molecule has 0 bridgehead atoms. The van der Waals surface area contributed by atoms with E-state index in [2.05, 4.69) is 10.3 Å². The first-order valence-electron chi connectivity index (χ1n) is 7.85. The van der Waals surface area contributed by atoms with Crippen molar-refractivity contribution in [3.8, 4) is 0 Å². The molecule has 0 saturated carbocycles. The van der Waals surface area contributed by atoms with E-state index >= 15 is 0 Å². The molecule has 1 aliphatic rings. The molecule has 0 aliphatic carbocycles. The molecule has 1 aromatic heterocycles. The van der Waals surface area contributed by atoms with Crippen molar-refractivity contribution >= 4 is 16.0 Å². The Hall–Kier alpha value is -1.38. The van der Waals surface area contributed by atoms with Gasteiger partial charge in [0.1, 0.15) is 10.6 Å². The zero-order valence-electron chi connectivity index (χ0n) is 14.1. The molecule has 2 N–H and O–H groups in total. The summed E-state index contributed by atoms with van der Waals surface area (Å²) in [6, 6.07) is -0.0269. The summed E-state index contributed by atoms with van der Waals surface area (Å²) >= 11 is 0. The van der Waals surface area contributed by atoms with Gasteiger partial charge in [0.2, 0.25) is 10.0 Å². The van der Waals surface area contributed by atoms with Gasteiger partial charge in [0.05, 0.1) is 6.61 Å². The molecule has 1 aromatic rings. The van der Waals surface area contributed by atoms with Crippen LogP contribution in [0, 0.1) is 13.8 Å². The number of nitrogens with zero attached hydrogens (tertiary/aromatic N) is 1. The van der Waals surface area contributed by atoms with Gasteiger partial charge < -0.3 is 15.0 Å². The van der Waals surface area contributed by atoms with Gasteiger partial charge in [0, 0.05) is 24.3 Å². The average molecular weight is 343 g/mol. The van der Waals surface area contributed by atoms with Crippen LogP contribution in [0.25, 0.3) is 0 Å². The van der Waals surface area contributed by atoms with Crippen LogP contribution in [0.3, 0.4) is 0 Å². The van der Waals surface area contributed by atoms with Gasteiger partial charge in [-0.2, -0.15) is 4.31 Å². The minimum Gasteiger partial charge on any atom is -0.461 e. The largest absolute Gasteiger partial charge is 0.461 e. The number of ether oxygens (including phenoxy) is 1. The first-order chi connectivity index (χ1) is 10.8. The van der Waals surface area contributed by atoms with Crippen LogP contribution in [0.4, 0.5) is 0 Å². The topological polar surface area (TPSA) is 91.5 Å². The highest BCUT2D eigenvalue weighted by Crippen LogP contribution is 2.28. The number of nitrogens with one attached hydrogen (secondary N) is 2. The Morgan fingerprint density at radius 3 is 2.48 bits per heavy atom. The highest BCUT2D eigenvalue weighted by Gasteiger charge is 2.34. The van der Waals surface area contributed by atoms with Gasteiger partial charge in [0.15, 0.2) is 0 Å². The molecular weight excluding hydrogens is 318 g/mol. The number of rotatable bonds is 5. The Balaban J connectivity index is 2.37. The summed E-state index contributed by atoms with van der Waals surface area (Å²) in [5.74, 6) is -0.529. The smallest absolute Gasteiger partial charge is 0.355 e. The molecule has 0 spiro atoms. The maximum Gasteiger partial charge on any atom is 0.355 e. The molecular formula is C15H25N3O4S. The van der Waals surface area contributed by atoms with E-state index in [0.717, 1.165) is 25.9 Å². The summed E-state index contributed by atoms with van der Waals surface area (Å²) in [5, 5.41) is 3.23. The molecule has 1 saturated heterocycles. The second-order valence-electron chi connectivity index (χ2n) is 5.80. The van der Waals surface area contributed by atoms with Crippen molar-refractivity contribution in [3.05, 3.63) is 17.0 Å². The Morgan fingerprint density at radius 2 is 1.91 bits per heavy atom. The van der Waals surface area contributed by atoms with E-state index in [-0.39, 0.29) is 23.2 Å². The first-order valence-corrected chi connectivity index (χ1v) is 9.29. The van der Waals surface area contributed by atoms with Gasteiger partial charge in [-0.3, -0.25) is 0 Å². The van der Waals surface area contributed by atoms with Gasteiger partial charge in [-0.1, -0.05) is 0 Å². The van der Waals surface area contributed by atoms with Crippen LogP contribution in [0.2, 0.25) is 0 Å². The standard InChI is InChI=1S/C15H25N3O4S/c1-5-22-15(19)13-10(2)14(11(3)17-13)23(20,21)18(4)12-6-8-16-9-7-12/h12,16-17H,5-9H2,1-4H3. The van der Waals surface area contributed by atoms with E-state index in [9.17, 15) is 13.2 Å². The molecule has 0 unspecified atom stereocenters. The third kappa shape index (κ3) is 3.44. The fourth-order valence-electron chi connectivity index (χ4n) is 3.04. The van der Waals surface area contributed by atoms with Crippen molar-refractivity contribution in [2.45, 2.75) is 44.6 Å². The maximum absolute atomic E-state index is 13.0. The molecule has 0 atom stereocenters. The summed E-state index contributed by atoms with van der Waals surface area (Å²) in [7, 11) is -2.05. The van der Waals surface area contributed by atoms with Gasteiger partial charge in [-0.25, -0.2) is 13.2 Å². The normalized spacial score (nSPS) is 16.7. The van der Waals surface area contributed by atoms with Crippen molar-refractivity contribution in [1.82, 2.24) is 14.6 Å². The van der Waals surface area contributed by atoms with Crippen LogP contribution >= 0.6 is 0 Å². The Morgan fingerprint density at radius 1 is 1.30 bits per heavy atom. The van der Waals surface area contributed by atoms with Crippen molar-refractivity contribution < 1.29 is 17.9 Å². The van der Waals surface area contributed by atoms with Gasteiger partial charge in [-0.05, 0) is 46.7 Å². The van der Waals surface area contributed by atoms with Crippen LogP contribution in [-0.2, 0) is 14.8 Å². The number of hydrogen-bond donors (Lipinski definition) is 2. The van der Waals surface area contributed by atoms with Gasteiger partial charge in [0.25, 0.3) is 0 Å². The zero-order valence-corrected chi connectivity index (χ0v) is 14.9. The van der Waals surface area contributed by atoms with Crippen LogP contribution < -0.4 is 5.32 Å². The lowest BCUT2D eigenvalue weighted by Crippen LogP contribution is -2.44. The number of carbonyl (C=O) groups is 1. The second-order valence-corrected chi connectivity index (χ2v) is 7.74. The third-order valence-electron chi connectivity index (χ3n) is 4.31. The minimum absolute atomic E-state index is 0.0269. The van der Waals surface area contributed by atoms with Gasteiger partial charge >= 0.3 is 5.97 Å². The summed E-state index contributed by atoms with van der Waals surface area (Å²) in [4.78, 5) is 15.0. The number of H-pyrrole nitrogens is 1. The molecule has 2 rings (SSSR count). The lowest BCUT2D eigenvalue weighted by atomic mass is 10.1. The number of aryl methyl sites for hydroxylation is 1. The minimum atomic E-state index is -3.66. The molecule has 130 valence electrons. The fraction of sp³-hybridized carbons (Fsp3) is 0.667. The summed E-state index contributed by atoms with van der Waals surface area (Å²) < 4.78 is 32.4. The lowest BCUT2D eigenvalue weighted by Gasteiger charge is -2.31. The number of sulfonamides is 1. The van der Waals surface area contributed by atoms with Crippen LogP contribution in [-0.4, -0.2) is 56.5 Å². The van der Waals surface area contributed by atoms with E-state index < -0.39 is 16.0 Å². The van der Waals surface area contributed by atoms with E-state index in [4.69, 9.17) is 4.74 Å². The lowest BCUT2D eigenvalue weighted by molar-refractivity contribution is 0.0519. The molecule has 23 heavy (non-hydrogen) atoms. The predicted octanol–water partition coefficient (Wildman–Crippen LogP) is 1.18. The van der Waals surface area contributed by atoms with Crippen LogP contribution in [0.15, 0.2) is 4.90 Å². The summed E-state index contributed by atoms with van der Waals surface area (Å²) in [6.45, 7) is 6.88. The SMILES string of the molecule is CCOC(=O)c1[nH]c(C)c(S(=O)(=O)N(C)C2CCNCC2)c1C. The molecule has 0 radical (unpaired) electrons. The third-order valence-corrected chi connectivity index (χ3v) is 6.49. The van der Waals surface area contributed by atoms with E-state index in [1.807, 2.05) is 0 Å². The van der Waals surface area contributed by atoms with E-state index in [1.165, 1.54) is 4.31 Å². The molecule has 2 heterocycles. The quantitative estimate of drug-likeness (QED) is 0.784. The van der Waals surface area contributed by atoms with Crippen LogP contribution in [0.1, 0.15) is 41.5 Å². The van der Waals surface area contributed by atoms with E-state index in [0.29, 0.717) is 11.3 Å². The average Bonchev–Trinajstić information content (AvgIpc) is 2.83. The van der Waals surface area contributed by atoms with Crippen LogP contribution in [0.5, 0.6) is 0 Å². The Bertz CT molecular complexity index is 675. The number of piperidine rings is 1. The molecule has 0 amide bonds. The molecule has 1 aliphatic heterocycles. The van der Waals surface area contributed by atoms with Gasteiger partial charge in [-0.15, -0.1) is 0 Å². The number of aromatic amines is 1. The number of esters is 1. The molecule has 7 nitrogen and oxygen atoms in total. The molecule has 8 heteroatoms. The van der Waals surface area contributed by atoms with Crippen molar-refractivity contribution in [2.24, 2.45) is 0 Å². The van der Waals surface area contributed by atoms with Crippen molar-refractivity contribution in [1.29, 1.82) is 0 Å². The first kappa shape index (κ1) is 18.0. The van der Waals surface area contributed by atoms with Crippen molar-refractivity contribution in [2.75, 3.05) is 26.7 Å². The van der Waals surface area contributed by atoms with Crippen molar-refractivity contribution in [3.63, 3.8) is 0 Å². The number of aromatic nitrogens is 1. The highest BCUT2D eigenvalue weighted by molar-refractivity contribution is 7.89. The molecule has 1 fully saturated rings. The molecule has 0 aromatic carbocycles. The second kappa shape index (κ2) is 7.02. The maximum atomic E-state index is 13.0. The number of hydrogen-bond acceptors (Lipinski definition) is 5.